The molecule has 9 nitrogen and oxygen atoms in total. The molecule has 9 heteroatoms. The number of urea groups is 2. The highest BCUT2D eigenvalue weighted by atomic mass is 16.2. The van der Waals surface area contributed by atoms with Crippen LogP contribution < -0.4 is 11.5 Å². The monoisotopic (exact) mass is 185 g/mol. The van der Waals surface area contributed by atoms with Gasteiger partial charge in [0.05, 0.1) is 6.20 Å². The highest BCUT2D eigenvalue weighted by Gasteiger charge is 1.86. The molecule has 0 aliphatic carbocycles. The molecule has 4 amide bonds. The molecular weight excluding hydrogens is 178 g/mol. The minimum Gasteiger partial charge on any atom is -0.348 e. The lowest BCUT2D eigenvalue weighted by molar-refractivity contribution is 0.249. The molecule has 0 saturated heterocycles. The van der Waals surface area contributed by atoms with Gasteiger partial charge in [-0.05, 0) is 0 Å². The number of rotatable bonds is 0. The van der Waals surface area contributed by atoms with E-state index >= 15 is 0 Å². The fourth-order valence-electron chi connectivity index (χ4n) is 0.265. The Hall–Kier alpha value is -2.32. The lowest BCUT2D eigenvalue weighted by Crippen LogP contribution is -2.07. The van der Waals surface area contributed by atoms with E-state index in [0.29, 0.717) is 0 Å². The van der Waals surface area contributed by atoms with Gasteiger partial charge in [-0.1, -0.05) is 15.4 Å². The van der Waals surface area contributed by atoms with Gasteiger partial charge in [0.2, 0.25) is 0 Å². The number of primary amides is 2. The standard InChI is InChI=1S/C2H4N4O2.C2H3N3/c3-1(7)5-6-2(4)8;1-2-4-5-3-1/h(H2,3,7)(H2,4,8);1-2H,(H,3,4,5)/b6-5+;. The Balaban J connectivity index is 0.000000243. The van der Waals surface area contributed by atoms with E-state index in [0.717, 1.165) is 0 Å². The Morgan fingerprint density at radius 1 is 1.23 bits per heavy atom. The molecule has 1 heterocycles. The summed E-state index contributed by atoms with van der Waals surface area (Å²) in [7, 11) is 0. The lowest BCUT2D eigenvalue weighted by Gasteiger charge is -1.74. The minimum atomic E-state index is -1.04. The van der Waals surface area contributed by atoms with Crippen LogP contribution in [0.4, 0.5) is 9.59 Å². The Bertz CT molecular complexity index is 245. The van der Waals surface area contributed by atoms with Gasteiger partial charge in [0.25, 0.3) is 0 Å². The van der Waals surface area contributed by atoms with Gasteiger partial charge in [-0.2, -0.15) is 0 Å². The van der Waals surface area contributed by atoms with Crippen LogP contribution in [0.25, 0.3) is 0 Å². The van der Waals surface area contributed by atoms with Crippen molar-refractivity contribution in [2.24, 2.45) is 21.7 Å². The van der Waals surface area contributed by atoms with Crippen molar-refractivity contribution in [2.45, 2.75) is 0 Å². The van der Waals surface area contributed by atoms with Gasteiger partial charge in [-0.25, -0.2) is 9.59 Å². The van der Waals surface area contributed by atoms with E-state index in [4.69, 9.17) is 0 Å². The zero-order valence-corrected chi connectivity index (χ0v) is 6.41. The van der Waals surface area contributed by atoms with Crippen molar-refractivity contribution >= 4 is 12.1 Å². The largest absolute Gasteiger partial charge is 0.357 e. The average Bonchev–Trinajstić information content (AvgIpc) is 2.57. The Morgan fingerprint density at radius 3 is 1.92 bits per heavy atom. The van der Waals surface area contributed by atoms with Gasteiger partial charge in [-0.15, -0.1) is 5.10 Å². The first-order valence-corrected chi connectivity index (χ1v) is 2.94. The number of nitrogens with two attached hydrogens (primary N) is 2. The molecule has 0 radical (unpaired) electrons. The van der Waals surface area contributed by atoms with E-state index in [1.54, 1.807) is 12.4 Å². The summed E-state index contributed by atoms with van der Waals surface area (Å²) in [5.74, 6) is 0. The summed E-state index contributed by atoms with van der Waals surface area (Å²) < 4.78 is 0. The number of aromatic amines is 1. The van der Waals surface area contributed by atoms with Gasteiger partial charge >= 0.3 is 12.1 Å². The van der Waals surface area contributed by atoms with Crippen LogP contribution in [0.1, 0.15) is 0 Å². The van der Waals surface area contributed by atoms with Crippen LogP contribution in [-0.2, 0) is 0 Å². The van der Waals surface area contributed by atoms with Crippen LogP contribution in [0, 0.1) is 0 Å². The van der Waals surface area contributed by atoms with Gasteiger partial charge in [-0.3, -0.25) is 5.10 Å². The van der Waals surface area contributed by atoms with Crippen LogP contribution in [0.3, 0.4) is 0 Å². The van der Waals surface area contributed by atoms with E-state index in [-0.39, 0.29) is 0 Å². The fourth-order valence-corrected chi connectivity index (χ4v) is 0.265. The molecule has 1 aromatic heterocycles. The molecule has 13 heavy (non-hydrogen) atoms. The van der Waals surface area contributed by atoms with E-state index in [1.807, 2.05) is 0 Å². The predicted molar refractivity (Wildman–Crippen MR) is 40.4 cm³/mol. The number of hydrogen-bond donors (Lipinski definition) is 3. The molecule has 70 valence electrons. The minimum absolute atomic E-state index is 1.04. The zero-order valence-electron chi connectivity index (χ0n) is 6.41. The van der Waals surface area contributed by atoms with Crippen molar-refractivity contribution in [2.75, 3.05) is 0 Å². The van der Waals surface area contributed by atoms with E-state index in [2.05, 4.69) is 37.1 Å². The summed E-state index contributed by atoms with van der Waals surface area (Å²) >= 11 is 0. The molecule has 0 aromatic carbocycles. The number of hydrogen-bond acceptors (Lipinski definition) is 4. The van der Waals surface area contributed by atoms with Gasteiger partial charge in [0.15, 0.2) is 0 Å². The van der Waals surface area contributed by atoms with Crippen molar-refractivity contribution in [3.05, 3.63) is 12.4 Å². The third kappa shape index (κ3) is 9.68. The second-order valence-corrected chi connectivity index (χ2v) is 1.54. The maximum atomic E-state index is 9.66. The third-order valence-electron chi connectivity index (χ3n) is 0.578. The molecule has 0 bridgehead atoms. The van der Waals surface area contributed by atoms with Crippen LogP contribution in [-0.4, -0.2) is 27.5 Å². The molecule has 0 saturated carbocycles. The van der Waals surface area contributed by atoms with Gasteiger partial charge in [0, 0.05) is 6.20 Å². The number of nitrogens with one attached hydrogen (secondary N) is 1. The smallest absolute Gasteiger partial charge is 0.348 e. The van der Waals surface area contributed by atoms with Crippen LogP contribution in [0.5, 0.6) is 0 Å². The van der Waals surface area contributed by atoms with E-state index in [1.165, 1.54) is 0 Å². The molecular formula is C4H7N7O2. The van der Waals surface area contributed by atoms with Crippen molar-refractivity contribution in [1.29, 1.82) is 0 Å². The lowest BCUT2D eigenvalue weighted by atomic mass is 11.0. The zero-order chi connectivity index (χ0) is 10.1. The first-order chi connectivity index (χ1) is 6.13. The van der Waals surface area contributed by atoms with E-state index < -0.39 is 12.1 Å². The normalized spacial score (nSPS) is 8.92. The van der Waals surface area contributed by atoms with E-state index in [9.17, 15) is 9.59 Å². The van der Waals surface area contributed by atoms with Gasteiger partial charge < -0.3 is 11.5 Å². The number of H-pyrrole nitrogens is 1. The number of azo groups is 1. The molecule has 0 unspecified atom stereocenters. The summed E-state index contributed by atoms with van der Waals surface area (Å²) in [5, 5.41) is 14.5. The molecule has 0 spiro atoms. The van der Waals surface area contributed by atoms with Crippen molar-refractivity contribution in [1.82, 2.24) is 15.4 Å². The summed E-state index contributed by atoms with van der Waals surface area (Å²) in [6, 6.07) is -2.08. The number of nitrogens with zero attached hydrogens (tertiary/aromatic N) is 4. The Morgan fingerprint density at radius 2 is 1.77 bits per heavy atom. The Labute approximate surface area is 72.2 Å². The van der Waals surface area contributed by atoms with Crippen molar-refractivity contribution < 1.29 is 9.59 Å². The first-order valence-electron chi connectivity index (χ1n) is 2.94. The van der Waals surface area contributed by atoms with Crippen LogP contribution >= 0.6 is 0 Å². The molecule has 0 atom stereocenters. The highest BCUT2D eigenvalue weighted by Crippen LogP contribution is 1.72. The highest BCUT2D eigenvalue weighted by molar-refractivity contribution is 5.77. The fraction of sp³-hybridized carbons (Fsp3) is 0. The predicted octanol–water partition coefficient (Wildman–Crippen LogP) is -0.599. The van der Waals surface area contributed by atoms with Crippen molar-refractivity contribution in [3.8, 4) is 0 Å². The topological polar surface area (TPSA) is 152 Å². The molecule has 0 fully saturated rings. The molecule has 0 aliphatic heterocycles. The number of carbonyl (C=O) groups is 2. The number of aromatic nitrogens is 3. The summed E-state index contributed by atoms with van der Waals surface area (Å²) in [6.45, 7) is 0. The number of amides is 4. The van der Waals surface area contributed by atoms with Crippen LogP contribution in [0.2, 0.25) is 0 Å². The van der Waals surface area contributed by atoms with Crippen molar-refractivity contribution in [3.63, 3.8) is 0 Å². The Kier molecular flexibility index (Phi) is 5.25. The molecule has 5 N–H and O–H groups in total. The average molecular weight is 185 g/mol. The summed E-state index contributed by atoms with van der Waals surface area (Å²) in [4.78, 5) is 19.3. The van der Waals surface area contributed by atoms with Gasteiger partial charge in [0.1, 0.15) is 0 Å². The SMILES string of the molecule is NC(=O)/N=N/C(N)=O.c1c[nH]nn1. The number of carbonyl (C=O) groups excluding carboxylic acids is 2. The maximum Gasteiger partial charge on any atom is 0.357 e. The first kappa shape index (κ1) is 10.7. The summed E-state index contributed by atoms with van der Waals surface area (Å²) in [6.07, 6.45) is 3.24. The quantitative estimate of drug-likeness (QED) is 0.462. The second kappa shape index (κ2) is 6.39. The molecule has 0 aliphatic rings. The molecule has 1 aromatic rings. The molecule has 1 rings (SSSR count). The summed E-state index contributed by atoms with van der Waals surface area (Å²) in [5.41, 5.74) is 8.87. The maximum absolute atomic E-state index is 9.66. The third-order valence-corrected chi connectivity index (χ3v) is 0.578. The second-order valence-electron chi connectivity index (χ2n) is 1.54. The van der Waals surface area contributed by atoms with Crippen LogP contribution in [0.15, 0.2) is 22.6 Å².